The molecule has 8 heteroatoms. The van der Waals surface area contributed by atoms with Gasteiger partial charge in [0.05, 0.1) is 6.04 Å². The molecule has 2 aromatic rings. The summed E-state index contributed by atoms with van der Waals surface area (Å²) in [7, 11) is 2.02. The zero-order valence-electron chi connectivity index (χ0n) is 20.3. The fraction of sp³-hybridized carbons (Fsp3) is 0.429. The van der Waals surface area contributed by atoms with Gasteiger partial charge >= 0.3 is 6.09 Å². The van der Waals surface area contributed by atoms with Gasteiger partial charge in [-0.1, -0.05) is 36.4 Å². The summed E-state index contributed by atoms with van der Waals surface area (Å²) in [6.45, 7) is 1.64. The summed E-state index contributed by atoms with van der Waals surface area (Å²) >= 11 is 0. The normalized spacial score (nSPS) is 22.7. The van der Waals surface area contributed by atoms with Crippen molar-refractivity contribution in [3.63, 3.8) is 0 Å². The van der Waals surface area contributed by atoms with Crippen molar-refractivity contribution in [1.29, 1.82) is 0 Å². The molecule has 2 N–H and O–H groups in total. The maximum Gasteiger partial charge on any atom is 0.405 e. The Bertz CT molecular complexity index is 1180. The monoisotopic (exact) mass is 495 g/mol. The first-order chi connectivity index (χ1) is 17.3. The predicted molar refractivity (Wildman–Crippen MR) is 132 cm³/mol. The fourth-order valence-electron chi connectivity index (χ4n) is 6.02. The van der Waals surface area contributed by atoms with Gasteiger partial charge in [-0.3, -0.25) is 4.79 Å². The molecule has 2 aliphatic heterocycles. The first-order valence-corrected chi connectivity index (χ1v) is 12.5. The van der Waals surface area contributed by atoms with Crippen molar-refractivity contribution in [3.05, 3.63) is 77.4 Å². The maximum absolute atomic E-state index is 14.7. The number of likely N-dealkylation sites (tertiary alicyclic amines) is 1. The van der Waals surface area contributed by atoms with Gasteiger partial charge in [0, 0.05) is 12.1 Å². The summed E-state index contributed by atoms with van der Waals surface area (Å²) in [5.41, 5.74) is 0.219. The molecule has 5 rings (SSSR count). The number of rotatable bonds is 6. The SMILES string of the molecule is CN1CCC([C@](NC(=O)O)(C(=O)N2CC(c3cc(F)ccc3F)=C[C@H]2c2ccccc2)C2CC2)CC1. The topological polar surface area (TPSA) is 72.9 Å². The Morgan fingerprint density at radius 1 is 1.00 bits per heavy atom. The molecule has 1 aliphatic carbocycles. The van der Waals surface area contributed by atoms with Crippen molar-refractivity contribution in [2.45, 2.75) is 37.3 Å². The minimum absolute atomic E-state index is 0.0706. The largest absolute Gasteiger partial charge is 0.465 e. The highest BCUT2D eigenvalue weighted by atomic mass is 19.1. The molecule has 2 heterocycles. The van der Waals surface area contributed by atoms with Crippen LogP contribution < -0.4 is 5.32 Å². The number of amides is 2. The summed E-state index contributed by atoms with van der Waals surface area (Å²) in [5, 5.41) is 12.6. The van der Waals surface area contributed by atoms with Crippen molar-refractivity contribution in [3.8, 4) is 0 Å². The van der Waals surface area contributed by atoms with E-state index in [1.54, 1.807) is 11.0 Å². The van der Waals surface area contributed by atoms with Crippen LogP contribution in [0.15, 0.2) is 54.6 Å². The summed E-state index contributed by atoms with van der Waals surface area (Å²) in [6, 6.07) is 12.2. The minimum atomic E-state index is -1.25. The first kappa shape index (κ1) is 24.4. The van der Waals surface area contributed by atoms with Crippen LogP contribution in [0, 0.1) is 23.5 Å². The van der Waals surface area contributed by atoms with E-state index in [9.17, 15) is 23.5 Å². The molecule has 2 atom stereocenters. The molecule has 190 valence electrons. The number of carbonyl (C=O) groups is 2. The number of halogens is 2. The van der Waals surface area contributed by atoms with E-state index in [0.717, 1.165) is 49.7 Å². The van der Waals surface area contributed by atoms with Crippen molar-refractivity contribution >= 4 is 17.6 Å². The number of hydrogen-bond acceptors (Lipinski definition) is 3. The number of carboxylic acid groups (broad SMARTS) is 1. The van der Waals surface area contributed by atoms with Crippen LogP contribution in [0.5, 0.6) is 0 Å². The number of benzene rings is 2. The zero-order valence-corrected chi connectivity index (χ0v) is 20.3. The van der Waals surface area contributed by atoms with Crippen LogP contribution in [0.25, 0.3) is 5.57 Å². The van der Waals surface area contributed by atoms with Gasteiger partial charge in [-0.2, -0.15) is 0 Å². The number of nitrogens with one attached hydrogen (secondary N) is 1. The third kappa shape index (κ3) is 4.50. The Morgan fingerprint density at radius 2 is 1.67 bits per heavy atom. The van der Waals surface area contributed by atoms with Crippen LogP contribution in [0.4, 0.5) is 13.6 Å². The average Bonchev–Trinajstić information content (AvgIpc) is 3.63. The first-order valence-electron chi connectivity index (χ1n) is 12.5. The Labute approximate surface area is 209 Å². The van der Waals surface area contributed by atoms with E-state index in [4.69, 9.17) is 0 Å². The van der Waals surface area contributed by atoms with Gasteiger partial charge in [0.1, 0.15) is 17.2 Å². The van der Waals surface area contributed by atoms with Gasteiger partial charge in [-0.15, -0.1) is 0 Å². The van der Waals surface area contributed by atoms with E-state index in [2.05, 4.69) is 10.2 Å². The van der Waals surface area contributed by atoms with E-state index in [1.807, 2.05) is 37.4 Å². The Morgan fingerprint density at radius 3 is 2.31 bits per heavy atom. The van der Waals surface area contributed by atoms with Gasteiger partial charge in [-0.05, 0) is 87.0 Å². The van der Waals surface area contributed by atoms with Crippen LogP contribution in [-0.2, 0) is 4.79 Å². The van der Waals surface area contributed by atoms with Gasteiger partial charge < -0.3 is 20.2 Å². The second-order valence-electron chi connectivity index (χ2n) is 10.3. The van der Waals surface area contributed by atoms with Crippen molar-refractivity contribution in [2.75, 3.05) is 26.7 Å². The van der Waals surface area contributed by atoms with Crippen LogP contribution >= 0.6 is 0 Å². The lowest BCUT2D eigenvalue weighted by molar-refractivity contribution is -0.143. The van der Waals surface area contributed by atoms with E-state index >= 15 is 0 Å². The van der Waals surface area contributed by atoms with E-state index in [1.165, 1.54) is 0 Å². The Hall–Kier alpha value is -3.26. The van der Waals surface area contributed by atoms with E-state index in [0.29, 0.717) is 18.4 Å². The molecule has 1 saturated heterocycles. The van der Waals surface area contributed by atoms with E-state index in [-0.39, 0.29) is 29.9 Å². The Kier molecular flexibility index (Phi) is 6.55. The van der Waals surface area contributed by atoms with Gasteiger partial charge in [0.2, 0.25) is 5.91 Å². The molecular weight excluding hydrogens is 464 g/mol. The summed E-state index contributed by atoms with van der Waals surface area (Å²) in [6.07, 6.45) is 3.57. The second-order valence-corrected chi connectivity index (χ2v) is 10.3. The molecule has 6 nitrogen and oxygen atoms in total. The third-order valence-corrected chi connectivity index (χ3v) is 7.96. The molecule has 0 radical (unpaired) electrons. The lowest BCUT2D eigenvalue weighted by Crippen LogP contribution is -2.66. The van der Waals surface area contributed by atoms with Crippen LogP contribution in [-0.4, -0.2) is 59.1 Å². The van der Waals surface area contributed by atoms with Crippen LogP contribution in [0.1, 0.15) is 42.9 Å². The summed E-state index contributed by atoms with van der Waals surface area (Å²) < 4.78 is 28.8. The molecule has 0 unspecified atom stereocenters. The highest BCUT2D eigenvalue weighted by Gasteiger charge is 2.59. The lowest BCUT2D eigenvalue weighted by Gasteiger charge is -2.46. The summed E-state index contributed by atoms with van der Waals surface area (Å²) in [5.74, 6) is -1.62. The van der Waals surface area contributed by atoms with Crippen molar-refractivity contribution in [1.82, 2.24) is 15.1 Å². The molecule has 2 aromatic carbocycles. The molecule has 2 amide bonds. The molecular formula is C28H31F2N3O3. The van der Waals surface area contributed by atoms with Crippen LogP contribution in [0.3, 0.4) is 0 Å². The number of nitrogens with zero attached hydrogens (tertiary/aromatic N) is 2. The van der Waals surface area contributed by atoms with Gasteiger partial charge in [0.25, 0.3) is 0 Å². The maximum atomic E-state index is 14.7. The van der Waals surface area contributed by atoms with Crippen molar-refractivity contribution in [2.24, 2.45) is 11.8 Å². The third-order valence-electron chi connectivity index (χ3n) is 7.96. The smallest absolute Gasteiger partial charge is 0.405 e. The number of piperidine rings is 1. The van der Waals surface area contributed by atoms with Gasteiger partial charge in [0.15, 0.2) is 0 Å². The quantitative estimate of drug-likeness (QED) is 0.610. The number of carbonyl (C=O) groups excluding carboxylic acids is 1. The molecule has 0 spiro atoms. The minimum Gasteiger partial charge on any atom is -0.465 e. The summed E-state index contributed by atoms with van der Waals surface area (Å²) in [4.78, 5) is 30.5. The second kappa shape index (κ2) is 9.65. The fourth-order valence-corrected chi connectivity index (χ4v) is 6.02. The number of hydrogen-bond donors (Lipinski definition) is 2. The molecule has 1 saturated carbocycles. The zero-order chi connectivity index (χ0) is 25.4. The van der Waals surface area contributed by atoms with Gasteiger partial charge in [-0.25, -0.2) is 13.6 Å². The predicted octanol–water partition coefficient (Wildman–Crippen LogP) is 4.69. The molecule has 36 heavy (non-hydrogen) atoms. The highest BCUT2D eigenvalue weighted by molar-refractivity contribution is 5.94. The molecule has 3 aliphatic rings. The van der Waals surface area contributed by atoms with Crippen LogP contribution in [0.2, 0.25) is 0 Å². The molecule has 0 bridgehead atoms. The Balaban J connectivity index is 1.57. The standard InChI is InChI=1S/C28H31F2N3O3/c1-32-13-11-21(12-14-32)28(20-7-8-20,31-27(35)36)26(34)33-17-19(23-16-22(29)9-10-24(23)30)15-25(33)18-5-3-2-4-6-18/h2-6,9-10,15-16,20-21,25,31H,7-8,11-14,17H2,1H3,(H,35,36)/t25-,28-/m0/s1. The molecule has 0 aromatic heterocycles. The molecule has 2 fully saturated rings. The lowest BCUT2D eigenvalue weighted by atomic mass is 9.73. The average molecular weight is 496 g/mol. The van der Waals surface area contributed by atoms with E-state index < -0.39 is 29.3 Å². The highest BCUT2D eigenvalue weighted by Crippen LogP contribution is 2.49. The van der Waals surface area contributed by atoms with Crippen molar-refractivity contribution < 1.29 is 23.5 Å².